The van der Waals surface area contributed by atoms with Gasteiger partial charge in [-0.25, -0.2) is 13.1 Å². The second kappa shape index (κ2) is 6.89. The quantitative estimate of drug-likeness (QED) is 0.813. The lowest BCUT2D eigenvalue weighted by atomic mass is 9.83. The standard InChI is InChI=1S/C19H22N2O4S/c22-19(17-10-11-18(25-17)26(23,24)21-15-8-9-15)20-12-14-6-3-5-13-4-1-2-7-16(13)14/h1-2,4,7,10-11,14-15,21H,3,5-6,8-9,12H2,(H,20,22)/t14-/m1/s1. The summed E-state index contributed by atoms with van der Waals surface area (Å²) in [6.45, 7) is 0.513. The molecule has 2 aliphatic rings. The van der Waals surface area contributed by atoms with E-state index in [1.54, 1.807) is 0 Å². The second-order valence-electron chi connectivity index (χ2n) is 7.01. The Labute approximate surface area is 153 Å². The minimum Gasteiger partial charge on any atom is -0.438 e. The average molecular weight is 374 g/mol. The van der Waals surface area contributed by atoms with Gasteiger partial charge in [-0.05, 0) is 55.4 Å². The number of furan rings is 1. The summed E-state index contributed by atoms with van der Waals surface area (Å²) in [5, 5.41) is 2.67. The van der Waals surface area contributed by atoms with Crippen molar-refractivity contribution in [2.75, 3.05) is 6.54 Å². The fourth-order valence-electron chi connectivity index (χ4n) is 3.43. The zero-order chi connectivity index (χ0) is 18.1. The molecule has 0 saturated heterocycles. The molecule has 2 aromatic rings. The lowest BCUT2D eigenvalue weighted by Crippen LogP contribution is -2.29. The van der Waals surface area contributed by atoms with Crippen molar-refractivity contribution >= 4 is 15.9 Å². The fraction of sp³-hybridized carbons (Fsp3) is 0.421. The molecule has 1 fully saturated rings. The van der Waals surface area contributed by atoms with Crippen molar-refractivity contribution in [1.82, 2.24) is 10.0 Å². The van der Waals surface area contributed by atoms with E-state index >= 15 is 0 Å². The zero-order valence-electron chi connectivity index (χ0n) is 14.4. The van der Waals surface area contributed by atoms with Gasteiger partial charge in [0.15, 0.2) is 5.76 Å². The number of hydrogen-bond donors (Lipinski definition) is 2. The van der Waals surface area contributed by atoms with Crippen LogP contribution in [0.4, 0.5) is 0 Å². The van der Waals surface area contributed by atoms with Crippen molar-refractivity contribution in [3.63, 3.8) is 0 Å². The maximum Gasteiger partial charge on any atom is 0.287 e. The minimum absolute atomic E-state index is 0.00579. The molecule has 0 spiro atoms. The van der Waals surface area contributed by atoms with Crippen molar-refractivity contribution in [2.45, 2.75) is 49.2 Å². The Balaban J connectivity index is 1.40. The molecule has 2 N–H and O–H groups in total. The Bertz CT molecular complexity index is 915. The first-order chi connectivity index (χ1) is 12.5. The van der Waals surface area contributed by atoms with E-state index in [4.69, 9.17) is 4.42 Å². The first kappa shape index (κ1) is 17.3. The highest BCUT2D eigenvalue weighted by molar-refractivity contribution is 7.89. The zero-order valence-corrected chi connectivity index (χ0v) is 15.2. The first-order valence-electron chi connectivity index (χ1n) is 9.01. The molecule has 0 radical (unpaired) electrons. The van der Waals surface area contributed by atoms with Crippen LogP contribution in [0.25, 0.3) is 0 Å². The molecule has 2 aliphatic carbocycles. The molecule has 1 saturated carbocycles. The molecule has 6 nitrogen and oxygen atoms in total. The van der Waals surface area contributed by atoms with Crippen LogP contribution in [0.3, 0.4) is 0 Å². The highest BCUT2D eigenvalue weighted by Crippen LogP contribution is 2.31. The third-order valence-electron chi connectivity index (χ3n) is 4.97. The Morgan fingerprint density at radius 1 is 1.12 bits per heavy atom. The number of rotatable bonds is 6. The van der Waals surface area contributed by atoms with Crippen LogP contribution < -0.4 is 10.0 Å². The molecule has 1 atom stereocenters. The van der Waals surface area contributed by atoms with E-state index in [9.17, 15) is 13.2 Å². The number of amides is 1. The Hall–Kier alpha value is -2.12. The summed E-state index contributed by atoms with van der Waals surface area (Å²) in [7, 11) is -3.68. The summed E-state index contributed by atoms with van der Waals surface area (Å²) in [6, 6.07) is 11.1. The topological polar surface area (TPSA) is 88.4 Å². The van der Waals surface area contributed by atoms with Crippen LogP contribution in [-0.4, -0.2) is 26.9 Å². The molecule has 1 aromatic carbocycles. The molecule has 0 bridgehead atoms. The Morgan fingerprint density at radius 3 is 2.73 bits per heavy atom. The molecule has 1 aromatic heterocycles. The predicted octanol–water partition coefficient (Wildman–Crippen LogP) is 2.57. The van der Waals surface area contributed by atoms with Crippen LogP contribution in [0.5, 0.6) is 0 Å². The predicted molar refractivity (Wildman–Crippen MR) is 96.5 cm³/mol. The molecule has 4 rings (SSSR count). The monoisotopic (exact) mass is 374 g/mol. The van der Waals surface area contributed by atoms with Gasteiger partial charge in [0.1, 0.15) is 0 Å². The number of fused-ring (bicyclic) bond motifs is 1. The molecule has 0 aliphatic heterocycles. The number of benzene rings is 1. The first-order valence-corrected chi connectivity index (χ1v) is 10.5. The van der Waals surface area contributed by atoms with Crippen molar-refractivity contribution in [3.05, 3.63) is 53.3 Å². The third-order valence-corrected chi connectivity index (χ3v) is 6.36. The number of aryl methyl sites for hydroxylation is 1. The molecule has 1 heterocycles. The summed E-state index contributed by atoms with van der Waals surface area (Å²) >= 11 is 0. The lowest BCUT2D eigenvalue weighted by molar-refractivity contribution is 0.0917. The van der Waals surface area contributed by atoms with Gasteiger partial charge in [-0.3, -0.25) is 4.79 Å². The second-order valence-corrected chi connectivity index (χ2v) is 8.66. The average Bonchev–Trinajstić information content (AvgIpc) is 3.28. The van der Waals surface area contributed by atoms with Gasteiger partial charge in [-0.1, -0.05) is 24.3 Å². The summed E-state index contributed by atoms with van der Waals surface area (Å²) in [5.74, 6) is -0.0928. The number of carbonyl (C=O) groups excluding carboxylic acids is 1. The van der Waals surface area contributed by atoms with Gasteiger partial charge in [0.05, 0.1) is 0 Å². The van der Waals surface area contributed by atoms with Crippen LogP contribution >= 0.6 is 0 Å². The van der Waals surface area contributed by atoms with Crippen LogP contribution in [0.15, 0.2) is 45.9 Å². The number of hydrogen-bond acceptors (Lipinski definition) is 4. The Morgan fingerprint density at radius 2 is 1.92 bits per heavy atom. The lowest BCUT2D eigenvalue weighted by Gasteiger charge is -2.25. The smallest absolute Gasteiger partial charge is 0.287 e. The van der Waals surface area contributed by atoms with Gasteiger partial charge in [0, 0.05) is 18.5 Å². The van der Waals surface area contributed by atoms with Gasteiger partial charge in [0.2, 0.25) is 5.09 Å². The van der Waals surface area contributed by atoms with Gasteiger partial charge >= 0.3 is 0 Å². The van der Waals surface area contributed by atoms with Gasteiger partial charge in [0.25, 0.3) is 15.9 Å². The van der Waals surface area contributed by atoms with E-state index in [-0.39, 0.29) is 28.7 Å². The van der Waals surface area contributed by atoms with Crippen molar-refractivity contribution < 1.29 is 17.6 Å². The van der Waals surface area contributed by atoms with E-state index in [0.717, 1.165) is 32.1 Å². The van der Waals surface area contributed by atoms with E-state index in [1.807, 2.05) is 12.1 Å². The maximum absolute atomic E-state index is 12.4. The molecule has 1 amide bonds. The third kappa shape index (κ3) is 3.68. The van der Waals surface area contributed by atoms with Crippen LogP contribution in [0.2, 0.25) is 0 Å². The van der Waals surface area contributed by atoms with Crippen LogP contribution in [-0.2, 0) is 16.4 Å². The molecule has 26 heavy (non-hydrogen) atoms. The maximum atomic E-state index is 12.4. The van der Waals surface area contributed by atoms with Gasteiger partial charge in [-0.2, -0.15) is 0 Å². The van der Waals surface area contributed by atoms with Gasteiger partial charge < -0.3 is 9.73 Å². The normalized spacial score (nSPS) is 19.8. The van der Waals surface area contributed by atoms with E-state index in [1.165, 1.54) is 23.3 Å². The number of sulfonamides is 1. The molecular weight excluding hydrogens is 352 g/mol. The van der Waals surface area contributed by atoms with Crippen LogP contribution in [0.1, 0.15) is 53.3 Å². The van der Waals surface area contributed by atoms with Crippen molar-refractivity contribution in [3.8, 4) is 0 Å². The summed E-state index contributed by atoms with van der Waals surface area (Å²) < 4.78 is 32.1. The molecular formula is C19H22N2O4S. The number of nitrogens with one attached hydrogen (secondary N) is 2. The highest BCUT2D eigenvalue weighted by atomic mass is 32.2. The van der Waals surface area contributed by atoms with E-state index in [0.29, 0.717) is 6.54 Å². The summed E-state index contributed by atoms with van der Waals surface area (Å²) in [4.78, 5) is 12.4. The number of carbonyl (C=O) groups is 1. The SMILES string of the molecule is O=C(NC[C@H]1CCCc2ccccc21)c1ccc(S(=O)(=O)NC2CC2)o1. The Kier molecular flexibility index (Phi) is 4.58. The van der Waals surface area contributed by atoms with E-state index < -0.39 is 10.0 Å². The highest BCUT2D eigenvalue weighted by Gasteiger charge is 2.30. The largest absolute Gasteiger partial charge is 0.438 e. The summed E-state index contributed by atoms with van der Waals surface area (Å²) in [6.07, 6.45) is 4.90. The fourth-order valence-corrected chi connectivity index (χ4v) is 4.67. The molecule has 0 unspecified atom stereocenters. The van der Waals surface area contributed by atoms with Crippen molar-refractivity contribution in [2.24, 2.45) is 0 Å². The van der Waals surface area contributed by atoms with E-state index in [2.05, 4.69) is 22.2 Å². The molecule has 7 heteroatoms. The minimum atomic E-state index is -3.68. The summed E-state index contributed by atoms with van der Waals surface area (Å²) in [5.41, 5.74) is 2.63. The van der Waals surface area contributed by atoms with Crippen LogP contribution in [0, 0.1) is 0 Å². The van der Waals surface area contributed by atoms with Crippen molar-refractivity contribution in [1.29, 1.82) is 0 Å². The van der Waals surface area contributed by atoms with Gasteiger partial charge in [-0.15, -0.1) is 0 Å². The molecule has 138 valence electrons.